The van der Waals surface area contributed by atoms with Crippen LogP contribution in [0.5, 0.6) is 0 Å². The van der Waals surface area contributed by atoms with Crippen LogP contribution in [0.1, 0.15) is 26.0 Å². The monoisotopic (exact) mass is 417 g/mol. The first-order valence-corrected chi connectivity index (χ1v) is 8.82. The molecule has 3 N–H and O–H groups in total. The molecule has 3 aromatic rings. The summed E-state index contributed by atoms with van der Waals surface area (Å²) in [5, 5.41) is 3.57. The molecule has 0 saturated heterocycles. The number of hydrogen-bond acceptors (Lipinski definition) is 3. The number of benzene rings is 2. The second kappa shape index (κ2) is 8.87. The Bertz CT molecular complexity index is 1140. The number of anilines is 1. The van der Waals surface area contributed by atoms with Crippen molar-refractivity contribution in [2.24, 2.45) is 5.73 Å². The second-order valence-corrected chi connectivity index (χ2v) is 6.75. The first kappa shape index (κ1) is 22.1. The number of fused-ring (bicyclic) bond motifs is 1. The summed E-state index contributed by atoms with van der Waals surface area (Å²) in [6, 6.07) is 9.82. The van der Waals surface area contributed by atoms with Gasteiger partial charge in [0.1, 0.15) is 11.9 Å². The van der Waals surface area contributed by atoms with Crippen molar-refractivity contribution in [3.05, 3.63) is 75.4 Å². The number of hydrogen-bond donors (Lipinski definition) is 2. The Labute approximate surface area is 172 Å². The Balaban J connectivity index is 0.00000300. The highest BCUT2D eigenvalue weighted by molar-refractivity contribution is 6.30. The summed E-state index contributed by atoms with van der Waals surface area (Å²) in [5.74, 6) is -1.52. The first-order chi connectivity index (χ1) is 13.3. The zero-order valence-corrected chi connectivity index (χ0v) is 15.7. The maximum Gasteiger partial charge on any atom is 0.259 e. The number of aromatic nitrogens is 1. The van der Waals surface area contributed by atoms with Crippen LogP contribution in [-0.4, -0.2) is 16.4 Å². The molecule has 2 aromatic carbocycles. The molecule has 1 atom stereocenters. The van der Waals surface area contributed by atoms with Crippen molar-refractivity contribution < 1.29 is 14.0 Å². The average molecular weight is 418 g/mol. The summed E-state index contributed by atoms with van der Waals surface area (Å²) < 4.78 is 14.5. The number of amides is 2. The van der Waals surface area contributed by atoms with Gasteiger partial charge in [-0.15, -0.1) is 0 Å². The standard InChI is InChI=1S/C20H17ClFN3O3.CH4/c1-11(19(23)27)25-8-7-13-14(20(25)28)3-2-4-17(13)24-18(26)10-12-5-6-16(22)15(21)9-12;/h2-9,11H,10H2,1H3,(H2,23,27)(H,24,26);1H4/t11-;/m0./s1. The van der Waals surface area contributed by atoms with Crippen molar-refractivity contribution in [1.29, 1.82) is 0 Å². The van der Waals surface area contributed by atoms with E-state index in [1.54, 1.807) is 24.3 Å². The van der Waals surface area contributed by atoms with Crippen LogP contribution in [0.25, 0.3) is 10.8 Å². The quantitative estimate of drug-likeness (QED) is 0.663. The number of nitrogens with two attached hydrogens (primary N) is 1. The highest BCUT2D eigenvalue weighted by atomic mass is 35.5. The Morgan fingerprint density at radius 3 is 2.59 bits per heavy atom. The fourth-order valence-corrected chi connectivity index (χ4v) is 3.08. The minimum atomic E-state index is -0.793. The predicted octanol–water partition coefficient (Wildman–Crippen LogP) is 3.66. The van der Waals surface area contributed by atoms with E-state index in [1.165, 1.54) is 35.9 Å². The van der Waals surface area contributed by atoms with Gasteiger partial charge in [-0.2, -0.15) is 0 Å². The van der Waals surface area contributed by atoms with Gasteiger partial charge in [-0.25, -0.2) is 4.39 Å². The van der Waals surface area contributed by atoms with E-state index in [0.29, 0.717) is 22.0 Å². The van der Waals surface area contributed by atoms with Crippen LogP contribution in [-0.2, 0) is 16.0 Å². The molecule has 0 bridgehead atoms. The molecule has 1 heterocycles. The fourth-order valence-electron chi connectivity index (χ4n) is 2.87. The lowest BCUT2D eigenvalue weighted by molar-refractivity contribution is -0.120. The molecule has 29 heavy (non-hydrogen) atoms. The molecule has 3 rings (SSSR count). The summed E-state index contributed by atoms with van der Waals surface area (Å²) in [6.07, 6.45) is 1.46. The normalized spacial score (nSPS) is 11.6. The molecule has 8 heteroatoms. The van der Waals surface area contributed by atoms with E-state index in [9.17, 15) is 18.8 Å². The second-order valence-electron chi connectivity index (χ2n) is 6.35. The van der Waals surface area contributed by atoms with E-state index >= 15 is 0 Å². The molecule has 1 aromatic heterocycles. The SMILES string of the molecule is C.C[C@@H](C(N)=O)n1ccc2c(NC(=O)Cc3ccc(F)c(Cl)c3)cccc2c1=O. The Morgan fingerprint density at radius 1 is 1.21 bits per heavy atom. The molecule has 6 nitrogen and oxygen atoms in total. The molecule has 0 unspecified atom stereocenters. The molecule has 0 aliphatic carbocycles. The molecule has 0 fully saturated rings. The van der Waals surface area contributed by atoms with Crippen LogP contribution in [0.4, 0.5) is 10.1 Å². The number of pyridine rings is 1. The predicted molar refractivity (Wildman–Crippen MR) is 113 cm³/mol. The van der Waals surface area contributed by atoms with Gasteiger partial charge in [-0.05, 0) is 42.8 Å². The van der Waals surface area contributed by atoms with Gasteiger partial charge < -0.3 is 15.6 Å². The lowest BCUT2D eigenvalue weighted by atomic mass is 10.1. The van der Waals surface area contributed by atoms with Gasteiger partial charge >= 0.3 is 0 Å². The molecule has 152 valence electrons. The van der Waals surface area contributed by atoms with Gasteiger partial charge in [0.25, 0.3) is 5.56 Å². The smallest absolute Gasteiger partial charge is 0.259 e. The molecule has 2 amide bonds. The summed E-state index contributed by atoms with van der Waals surface area (Å²) in [7, 11) is 0. The summed E-state index contributed by atoms with van der Waals surface area (Å²) >= 11 is 5.74. The number of nitrogens with zero attached hydrogens (tertiary/aromatic N) is 1. The third-order valence-corrected chi connectivity index (χ3v) is 4.71. The largest absolute Gasteiger partial charge is 0.368 e. The van der Waals surface area contributed by atoms with Gasteiger partial charge in [-0.3, -0.25) is 14.4 Å². The van der Waals surface area contributed by atoms with Crippen molar-refractivity contribution in [2.45, 2.75) is 26.8 Å². The van der Waals surface area contributed by atoms with Crippen LogP contribution in [0.3, 0.4) is 0 Å². The summed E-state index contributed by atoms with van der Waals surface area (Å²) in [5.41, 5.74) is 5.91. The van der Waals surface area contributed by atoms with Crippen LogP contribution in [0.2, 0.25) is 5.02 Å². The maximum absolute atomic E-state index is 13.2. The van der Waals surface area contributed by atoms with Gasteiger partial charge in [0.05, 0.1) is 11.4 Å². The number of primary amides is 1. The van der Waals surface area contributed by atoms with Crippen LogP contribution < -0.4 is 16.6 Å². The number of carbonyl (C=O) groups is 2. The van der Waals surface area contributed by atoms with Crippen LogP contribution in [0.15, 0.2) is 53.5 Å². The highest BCUT2D eigenvalue weighted by Gasteiger charge is 2.15. The summed E-state index contributed by atoms with van der Waals surface area (Å²) in [4.78, 5) is 36.4. The maximum atomic E-state index is 13.2. The van der Waals surface area contributed by atoms with Gasteiger partial charge in [0.15, 0.2) is 0 Å². The van der Waals surface area contributed by atoms with Crippen molar-refractivity contribution in [1.82, 2.24) is 4.57 Å². The lowest BCUT2D eigenvalue weighted by Gasteiger charge is -2.14. The zero-order valence-electron chi connectivity index (χ0n) is 14.9. The van der Waals surface area contributed by atoms with Crippen molar-refractivity contribution in [3.63, 3.8) is 0 Å². The van der Waals surface area contributed by atoms with Gasteiger partial charge in [0.2, 0.25) is 11.8 Å². The number of halogens is 2. The molecule has 0 radical (unpaired) electrons. The number of carbonyl (C=O) groups excluding carboxylic acids is 2. The molecule has 0 aliphatic heterocycles. The fraction of sp³-hybridized carbons (Fsp3) is 0.190. The van der Waals surface area contributed by atoms with Gasteiger partial charge in [-0.1, -0.05) is 31.2 Å². The highest BCUT2D eigenvalue weighted by Crippen LogP contribution is 2.22. The molecular weight excluding hydrogens is 397 g/mol. The van der Waals surface area contributed by atoms with E-state index in [0.717, 1.165) is 0 Å². The Morgan fingerprint density at radius 2 is 1.93 bits per heavy atom. The molecule has 0 spiro atoms. The first-order valence-electron chi connectivity index (χ1n) is 8.45. The Hall–Kier alpha value is -3.19. The topological polar surface area (TPSA) is 94.2 Å². The van der Waals surface area contributed by atoms with E-state index in [-0.39, 0.29) is 30.3 Å². The van der Waals surface area contributed by atoms with Crippen LogP contribution >= 0.6 is 11.6 Å². The average Bonchev–Trinajstić information content (AvgIpc) is 2.65. The summed E-state index contributed by atoms with van der Waals surface area (Å²) in [6.45, 7) is 1.54. The Kier molecular flexibility index (Phi) is 6.76. The van der Waals surface area contributed by atoms with E-state index in [1.807, 2.05) is 0 Å². The molecule has 0 aliphatic rings. The van der Waals surface area contributed by atoms with Crippen molar-refractivity contribution in [3.8, 4) is 0 Å². The third-order valence-electron chi connectivity index (χ3n) is 4.42. The van der Waals surface area contributed by atoms with Crippen molar-refractivity contribution in [2.75, 3.05) is 5.32 Å². The number of rotatable bonds is 5. The minimum Gasteiger partial charge on any atom is -0.368 e. The van der Waals surface area contributed by atoms with E-state index in [2.05, 4.69) is 5.32 Å². The zero-order chi connectivity index (χ0) is 20.4. The molecule has 0 saturated carbocycles. The lowest BCUT2D eigenvalue weighted by Crippen LogP contribution is -2.31. The minimum absolute atomic E-state index is 0. The molecular formula is C21H21ClFN3O3. The van der Waals surface area contributed by atoms with E-state index < -0.39 is 17.8 Å². The van der Waals surface area contributed by atoms with Crippen molar-refractivity contribution >= 4 is 39.9 Å². The van der Waals surface area contributed by atoms with E-state index in [4.69, 9.17) is 17.3 Å². The van der Waals surface area contributed by atoms with Crippen LogP contribution in [0, 0.1) is 5.82 Å². The van der Waals surface area contributed by atoms with Gasteiger partial charge in [0, 0.05) is 22.7 Å². The third kappa shape index (κ3) is 4.63. The number of nitrogens with one attached hydrogen (secondary N) is 1.